The average Bonchev–Trinajstić information content (AvgIpc) is 1.74. The Hall–Kier alpha value is -12.1. The van der Waals surface area contributed by atoms with Gasteiger partial charge in [-0.05, 0) is 190 Å². The van der Waals surface area contributed by atoms with Crippen LogP contribution in [0.3, 0.4) is 0 Å². The molecule has 17 rings (SSSR count). The maximum Gasteiger partial charge on any atom is 0.408 e. The van der Waals surface area contributed by atoms with Crippen molar-refractivity contribution >= 4 is 95.8 Å². The number of fused-ring (bicyclic) bond motifs is 6. The molecule has 5 N–H and O–H groups in total. The van der Waals surface area contributed by atoms with Gasteiger partial charge in [-0.2, -0.15) is 8.42 Å². The highest BCUT2D eigenvalue weighted by atomic mass is 127. The number of ether oxygens (including phenoxy) is 12. The van der Waals surface area contributed by atoms with Crippen LogP contribution in [0.5, 0.6) is 80.5 Å². The van der Waals surface area contributed by atoms with E-state index in [-0.39, 0.29) is 94.7 Å². The number of nitrogens with zero attached hydrogens (tertiary/aromatic N) is 3. The summed E-state index contributed by atoms with van der Waals surface area (Å²) in [6.45, 7) is 6.83. The summed E-state index contributed by atoms with van der Waals surface area (Å²) in [5.41, 5.74) is 16.3. The van der Waals surface area contributed by atoms with Crippen molar-refractivity contribution in [1.82, 2.24) is 25.6 Å². The number of hydrogen-bond acceptors (Lipinski definition) is 22. The minimum atomic E-state index is -3.52. The number of carbonyl (C=O) groups excluding carboxylic acids is 2. The molecule has 8 aromatic carbocycles. The van der Waals surface area contributed by atoms with Gasteiger partial charge in [-0.25, -0.2) is 22.8 Å². The lowest BCUT2D eigenvalue weighted by Gasteiger charge is -2.20. The Kier molecular flexibility index (Phi) is 31.1. The van der Waals surface area contributed by atoms with Crippen LogP contribution in [0.2, 0.25) is 0 Å². The zero-order valence-electron chi connectivity index (χ0n) is 68.4. The number of alkyl carbamates (subject to hydrolysis) is 2. The summed E-state index contributed by atoms with van der Waals surface area (Å²) in [6, 6.07) is 40.5. The predicted octanol–water partition coefficient (Wildman–Crippen LogP) is 21.2. The Bertz CT molecular complexity index is 5930. The molecular formula is C95H104F3IN6O18S. The molecular weight excluding hydrogens is 1730 g/mol. The van der Waals surface area contributed by atoms with Crippen molar-refractivity contribution in [1.29, 1.82) is 0 Å². The summed E-state index contributed by atoms with van der Waals surface area (Å²) in [7, 11) is 4.24. The minimum absolute atomic E-state index is 0. The number of amides is 2. The van der Waals surface area contributed by atoms with E-state index in [9.17, 15) is 27.5 Å². The molecule has 24 nitrogen and oxygen atoms in total. The SMILES string of the molecule is C.C.C.CI.COc1cc2c(Oc3ccc4c(c3F)C=C(C)C4)ccnc2cc1O.COc1cc2c(Oc3ccc4c(c3F)C=C(C)C4)ccnc2cc1OCC1(N)CC1.COc1ccc(COC(=O)NC2(COS(C)(=O)=O)CC2)cc1.COc1ccc(COC(=O)NC2(COc3cc4nccc(Oc5ccc6c(c5F)C=C(C)C6)c4cc3OC)CC2)cc1. The number of carbonyl (C=O) groups is 2. The normalized spacial score (nSPS) is 14.3. The van der Waals surface area contributed by atoms with Gasteiger partial charge in [0.2, 0.25) is 0 Å². The fourth-order valence-corrected chi connectivity index (χ4v) is 14.1. The highest BCUT2D eigenvalue weighted by Crippen LogP contribution is 2.46. The van der Waals surface area contributed by atoms with Crippen LogP contribution in [0.15, 0.2) is 175 Å². The second kappa shape index (κ2) is 41.0. The molecule has 3 aromatic heterocycles. The van der Waals surface area contributed by atoms with Crippen molar-refractivity contribution in [2.45, 2.75) is 131 Å². The van der Waals surface area contributed by atoms with Crippen LogP contribution in [-0.4, -0.2) is 124 Å². The number of phenolic OH excluding ortho intramolecular Hbond substituents is 1. The second-order valence-electron chi connectivity index (χ2n) is 30.2. The smallest absolute Gasteiger partial charge is 0.408 e. The zero-order valence-corrected chi connectivity index (χ0v) is 71.3. The Balaban J connectivity index is 0.000000175. The molecule has 11 aromatic rings. The number of aromatic nitrogens is 3. The Morgan fingerprint density at radius 1 is 0.444 bits per heavy atom. The number of nitrogens with one attached hydrogen (secondary N) is 2. The van der Waals surface area contributed by atoms with Crippen LogP contribution in [0.1, 0.15) is 126 Å². The van der Waals surface area contributed by atoms with Gasteiger partial charge < -0.3 is 78.3 Å². The number of pyridine rings is 3. The first kappa shape index (κ1) is 94.2. The number of nitrogens with two attached hydrogens (primary N) is 1. The lowest BCUT2D eigenvalue weighted by Crippen LogP contribution is -2.41. The Morgan fingerprint density at radius 2 is 0.790 bits per heavy atom. The van der Waals surface area contributed by atoms with E-state index >= 15 is 8.78 Å². The predicted molar refractivity (Wildman–Crippen MR) is 483 cm³/mol. The van der Waals surface area contributed by atoms with E-state index in [0.29, 0.717) is 115 Å². The first-order chi connectivity index (χ1) is 58.2. The number of benzene rings is 8. The molecule has 0 spiro atoms. The van der Waals surface area contributed by atoms with Crippen molar-refractivity contribution in [3.8, 4) is 80.5 Å². The Morgan fingerprint density at radius 3 is 1.13 bits per heavy atom. The van der Waals surface area contributed by atoms with Gasteiger partial charge in [0.25, 0.3) is 10.1 Å². The van der Waals surface area contributed by atoms with Gasteiger partial charge in [-0.3, -0.25) is 19.1 Å². The molecule has 0 unspecified atom stereocenters. The number of alkyl halides is 1. The fraction of sp³-hybridized carbons (Fsp3) is 0.316. The van der Waals surface area contributed by atoms with Crippen LogP contribution in [0, 0.1) is 17.5 Å². The monoisotopic (exact) mass is 1830 g/mol. The first-order valence-corrected chi connectivity index (χ1v) is 42.7. The quantitative estimate of drug-likeness (QED) is 0.0222. The van der Waals surface area contributed by atoms with Gasteiger partial charge in [0.15, 0.2) is 69.2 Å². The van der Waals surface area contributed by atoms with E-state index in [2.05, 4.69) is 48.2 Å². The van der Waals surface area contributed by atoms with Gasteiger partial charge in [-0.15, -0.1) is 0 Å². The zero-order chi connectivity index (χ0) is 85.9. The Labute approximate surface area is 734 Å². The molecule has 3 fully saturated rings. The molecule has 29 heteroatoms. The lowest BCUT2D eigenvalue weighted by molar-refractivity contribution is 0.128. The van der Waals surface area contributed by atoms with Gasteiger partial charge in [0.05, 0.1) is 81.6 Å². The summed E-state index contributed by atoms with van der Waals surface area (Å²) in [6.07, 6.45) is 17.3. The van der Waals surface area contributed by atoms with Gasteiger partial charge >= 0.3 is 12.2 Å². The fourth-order valence-electron chi connectivity index (χ4n) is 13.6. The number of rotatable bonds is 26. The summed E-state index contributed by atoms with van der Waals surface area (Å²) in [5, 5.41) is 17.5. The molecule has 0 atom stereocenters. The molecule has 6 aliphatic carbocycles. The van der Waals surface area contributed by atoms with E-state index < -0.39 is 33.4 Å². The molecule has 124 heavy (non-hydrogen) atoms. The number of aromatic hydroxyl groups is 1. The highest BCUT2D eigenvalue weighted by molar-refractivity contribution is 14.1. The number of methoxy groups -OCH3 is 5. The summed E-state index contributed by atoms with van der Waals surface area (Å²) in [5.74, 6) is 4.60. The van der Waals surface area contributed by atoms with E-state index in [1.54, 1.807) is 138 Å². The summed E-state index contributed by atoms with van der Waals surface area (Å²) in [4.78, 5) is 39.3. The minimum Gasteiger partial charge on any atom is -0.504 e. The van der Waals surface area contributed by atoms with Crippen molar-refractivity contribution in [3.05, 3.63) is 237 Å². The molecule has 0 radical (unpaired) electrons. The van der Waals surface area contributed by atoms with Crippen molar-refractivity contribution in [2.24, 2.45) is 5.73 Å². The number of halogens is 4. The molecule has 0 aliphatic heterocycles. The number of allylic oxidation sites excluding steroid dienone is 3. The third-order valence-electron chi connectivity index (χ3n) is 20.9. The van der Waals surface area contributed by atoms with Crippen LogP contribution in [0.25, 0.3) is 50.9 Å². The maximum absolute atomic E-state index is 15.2. The third-order valence-corrected chi connectivity index (χ3v) is 21.4. The standard InChI is InChI=1S/C33H31FN2O6.C24H23FN2O3.C20H16FNO3.C14H19NO6S.CH3I.3CH4/c1-20-14-22-6-9-28(31(34)24(22)15-20)42-27-10-13-35-26-17-30(29(39-3)16-25(26)27)41-19-33(11-12-33)36-32(37)40-18-21-4-7-23(38-2)8-5-21;1-14-9-15-3-4-20(23(25)16(15)10-14)30-19-5-8-27-18-12-22(21(28-2)11-17(18)19)29-13-24(26)6-7-24;1-11-7-12-3-4-18(20(21)13(12)8-11)25-17-5-6-22-15-10-16(23)19(24-2)9-14(15)17;1-19-12-5-3-11(4-6-12)9-20-13(16)15-14(7-8-14)10-21-22(2,17)18;1-2;;;/h4-10,13,15-17H,11-12,14,18-19H2,1-3H3,(H,36,37);3-5,8,10-12H,6-7,9,13,26H2,1-2H3;3-6,8-10,23H,7H2,1-2H3;3-6H,7-10H2,1-2H3,(H,15,16);1H3;3*1H4. The molecule has 2 amide bonds. The number of hydrogen-bond donors (Lipinski definition) is 4. The topological polar surface area (TPSA) is 297 Å². The molecule has 0 saturated heterocycles. The summed E-state index contributed by atoms with van der Waals surface area (Å²) < 4.78 is 139. The van der Waals surface area contributed by atoms with Gasteiger partial charge in [0, 0.05) is 69.6 Å². The molecule has 3 saturated carbocycles. The number of phenols is 1. The maximum atomic E-state index is 15.2. The van der Waals surface area contributed by atoms with Crippen molar-refractivity contribution in [2.75, 3.05) is 66.6 Å². The molecule has 0 bridgehead atoms. The molecule has 6 aliphatic rings. The van der Waals surface area contributed by atoms with E-state index in [1.807, 2.05) is 86.4 Å². The van der Waals surface area contributed by atoms with Gasteiger partial charge in [0.1, 0.15) is 55.2 Å². The molecule has 656 valence electrons. The average molecular weight is 1830 g/mol. The lowest BCUT2D eigenvalue weighted by atomic mass is 10.1. The van der Waals surface area contributed by atoms with Crippen LogP contribution in [0.4, 0.5) is 22.8 Å². The largest absolute Gasteiger partial charge is 0.504 e. The summed E-state index contributed by atoms with van der Waals surface area (Å²) >= 11 is 2.15. The van der Waals surface area contributed by atoms with Crippen molar-refractivity contribution < 1.29 is 97.3 Å². The van der Waals surface area contributed by atoms with Crippen molar-refractivity contribution in [3.63, 3.8) is 0 Å². The van der Waals surface area contributed by atoms with E-state index in [4.69, 9.17) is 66.8 Å². The van der Waals surface area contributed by atoms with Crippen LogP contribution >= 0.6 is 22.6 Å². The van der Waals surface area contributed by atoms with E-state index in [0.717, 1.165) is 107 Å². The van der Waals surface area contributed by atoms with Crippen LogP contribution < -0.4 is 63.7 Å². The second-order valence-corrected chi connectivity index (χ2v) is 31.9. The van der Waals surface area contributed by atoms with Gasteiger partial charge in [-0.1, -0.05) is 122 Å². The van der Waals surface area contributed by atoms with Crippen LogP contribution in [-0.2, 0) is 56.3 Å². The van der Waals surface area contributed by atoms with E-state index in [1.165, 1.54) is 13.2 Å². The molecule has 3 heterocycles. The first-order valence-electron chi connectivity index (χ1n) is 38.7. The highest BCUT2D eigenvalue weighted by Gasteiger charge is 2.47. The third kappa shape index (κ3) is 23.2.